The van der Waals surface area contributed by atoms with Gasteiger partial charge in [0.1, 0.15) is 0 Å². The van der Waals surface area contributed by atoms with Crippen molar-refractivity contribution >= 4 is 21.6 Å². The molecule has 6 nitrogen and oxygen atoms in total. The summed E-state index contributed by atoms with van der Waals surface area (Å²) >= 11 is 0. The van der Waals surface area contributed by atoms with Crippen molar-refractivity contribution in [2.24, 2.45) is 0 Å². The quantitative estimate of drug-likeness (QED) is 0.678. The first kappa shape index (κ1) is 22.3. The average molecular weight is 430 g/mol. The second kappa shape index (κ2) is 9.62. The molecule has 0 radical (unpaired) electrons. The van der Waals surface area contributed by atoms with Crippen molar-refractivity contribution in [2.75, 3.05) is 38.6 Å². The van der Waals surface area contributed by atoms with Crippen LogP contribution in [0.25, 0.3) is 0 Å². The highest BCUT2D eigenvalue weighted by Gasteiger charge is 2.24. The minimum atomic E-state index is -3.69. The molecule has 0 aliphatic carbocycles. The van der Waals surface area contributed by atoms with Crippen molar-refractivity contribution in [2.45, 2.75) is 37.6 Å². The van der Waals surface area contributed by atoms with Crippen LogP contribution in [0.3, 0.4) is 0 Å². The van der Waals surface area contributed by atoms with Crippen molar-refractivity contribution in [3.05, 3.63) is 59.7 Å². The third-order valence-corrected chi connectivity index (χ3v) is 7.41. The summed E-state index contributed by atoms with van der Waals surface area (Å²) in [5.74, 6) is -0.242. The molecule has 2 aromatic carbocycles. The smallest absolute Gasteiger partial charge is 0.243 e. The van der Waals surface area contributed by atoms with E-state index in [0.29, 0.717) is 6.54 Å². The van der Waals surface area contributed by atoms with Gasteiger partial charge in [-0.3, -0.25) is 4.79 Å². The van der Waals surface area contributed by atoms with Gasteiger partial charge in [-0.1, -0.05) is 29.8 Å². The highest BCUT2D eigenvalue weighted by molar-refractivity contribution is 7.89. The standard InChI is InChI=1S/C23H31N3O3S/c1-19-7-13-22(14-8-19)30(28,29)25(3)18-23(27)24(2)17-20-9-11-21(12-10-20)26-15-5-4-6-16-26/h7-14H,4-6,15-18H2,1-3H3. The fourth-order valence-corrected chi connectivity index (χ4v) is 4.73. The summed E-state index contributed by atoms with van der Waals surface area (Å²) in [6.45, 7) is 4.34. The number of carbonyl (C=O) groups excluding carboxylic acids is 1. The van der Waals surface area contributed by atoms with Crippen molar-refractivity contribution in [3.8, 4) is 0 Å². The van der Waals surface area contributed by atoms with Crippen LogP contribution in [0.2, 0.25) is 0 Å². The molecular formula is C23H31N3O3S. The molecule has 1 heterocycles. The lowest BCUT2D eigenvalue weighted by molar-refractivity contribution is -0.130. The van der Waals surface area contributed by atoms with Gasteiger partial charge in [-0.25, -0.2) is 8.42 Å². The van der Waals surface area contributed by atoms with Crippen LogP contribution < -0.4 is 4.90 Å². The summed E-state index contributed by atoms with van der Waals surface area (Å²) in [5, 5.41) is 0. The third kappa shape index (κ3) is 5.40. The van der Waals surface area contributed by atoms with E-state index >= 15 is 0 Å². The van der Waals surface area contributed by atoms with E-state index in [9.17, 15) is 13.2 Å². The predicted octanol–water partition coefficient (Wildman–Crippen LogP) is 3.26. The first-order valence-electron chi connectivity index (χ1n) is 10.4. The molecule has 7 heteroatoms. The Morgan fingerprint density at radius 3 is 2.13 bits per heavy atom. The molecule has 30 heavy (non-hydrogen) atoms. The monoisotopic (exact) mass is 429 g/mol. The van der Waals surface area contributed by atoms with E-state index in [1.54, 1.807) is 36.2 Å². The van der Waals surface area contributed by atoms with E-state index in [-0.39, 0.29) is 17.3 Å². The first-order chi connectivity index (χ1) is 14.3. The SMILES string of the molecule is Cc1ccc(S(=O)(=O)N(C)CC(=O)N(C)Cc2ccc(N3CCCCC3)cc2)cc1. The van der Waals surface area contributed by atoms with Gasteiger partial charge in [0.25, 0.3) is 0 Å². The number of rotatable bonds is 7. The normalized spacial score (nSPS) is 14.7. The van der Waals surface area contributed by atoms with Gasteiger partial charge < -0.3 is 9.80 Å². The first-order valence-corrected chi connectivity index (χ1v) is 11.8. The van der Waals surface area contributed by atoms with Crippen molar-refractivity contribution in [1.82, 2.24) is 9.21 Å². The maximum Gasteiger partial charge on any atom is 0.243 e. The lowest BCUT2D eigenvalue weighted by Gasteiger charge is -2.29. The van der Waals surface area contributed by atoms with Gasteiger partial charge in [0.05, 0.1) is 11.4 Å². The van der Waals surface area contributed by atoms with Crippen molar-refractivity contribution < 1.29 is 13.2 Å². The zero-order chi connectivity index (χ0) is 21.7. The van der Waals surface area contributed by atoms with E-state index in [1.165, 1.54) is 32.0 Å². The van der Waals surface area contributed by atoms with Crippen LogP contribution in [0, 0.1) is 6.92 Å². The Kier molecular flexibility index (Phi) is 7.15. The highest BCUT2D eigenvalue weighted by atomic mass is 32.2. The van der Waals surface area contributed by atoms with Crippen LogP contribution in [0.5, 0.6) is 0 Å². The molecule has 1 amide bonds. The van der Waals surface area contributed by atoms with E-state index in [2.05, 4.69) is 17.0 Å². The minimum absolute atomic E-state index is 0.194. The van der Waals surface area contributed by atoms with Gasteiger partial charge in [-0.15, -0.1) is 0 Å². The number of piperidine rings is 1. The van der Waals surface area contributed by atoms with Crippen molar-refractivity contribution in [1.29, 1.82) is 0 Å². The lowest BCUT2D eigenvalue weighted by atomic mass is 10.1. The molecule has 0 unspecified atom stereocenters. The van der Waals surface area contributed by atoms with Crippen LogP contribution in [0.1, 0.15) is 30.4 Å². The Hall–Kier alpha value is -2.38. The molecule has 0 bridgehead atoms. The molecule has 162 valence electrons. The number of nitrogens with zero attached hydrogens (tertiary/aromatic N) is 3. The van der Waals surface area contributed by atoms with E-state index in [1.807, 2.05) is 19.1 Å². The second-order valence-electron chi connectivity index (χ2n) is 8.04. The average Bonchev–Trinajstić information content (AvgIpc) is 2.75. The summed E-state index contributed by atoms with van der Waals surface area (Å²) in [7, 11) is -0.555. The van der Waals surface area contributed by atoms with E-state index in [4.69, 9.17) is 0 Å². The number of aryl methyl sites for hydroxylation is 1. The summed E-state index contributed by atoms with van der Waals surface area (Å²) in [4.78, 5) is 16.8. The molecule has 1 aliphatic rings. The topological polar surface area (TPSA) is 60.9 Å². The van der Waals surface area contributed by atoms with Crippen LogP contribution in [0.4, 0.5) is 5.69 Å². The van der Waals surface area contributed by atoms with Crippen molar-refractivity contribution in [3.63, 3.8) is 0 Å². The fraction of sp³-hybridized carbons (Fsp3) is 0.435. The van der Waals surface area contributed by atoms with Gasteiger partial charge in [0.15, 0.2) is 0 Å². The lowest BCUT2D eigenvalue weighted by Crippen LogP contribution is -2.39. The maximum absolute atomic E-state index is 12.7. The summed E-state index contributed by atoms with van der Waals surface area (Å²) in [6.07, 6.45) is 3.77. The number of benzene rings is 2. The Bertz CT molecular complexity index is 950. The zero-order valence-corrected chi connectivity index (χ0v) is 18.9. The molecule has 0 aromatic heterocycles. The Balaban J connectivity index is 1.58. The van der Waals surface area contributed by atoms with Crippen LogP contribution in [0.15, 0.2) is 53.4 Å². The number of anilines is 1. The molecule has 1 aliphatic heterocycles. The van der Waals surface area contributed by atoms with Gasteiger partial charge in [0.2, 0.25) is 15.9 Å². The number of likely N-dealkylation sites (N-methyl/N-ethyl adjacent to an activating group) is 2. The van der Waals surface area contributed by atoms with Gasteiger partial charge in [-0.2, -0.15) is 4.31 Å². The molecule has 0 atom stereocenters. The number of hydrogen-bond acceptors (Lipinski definition) is 4. The Morgan fingerprint density at radius 1 is 0.933 bits per heavy atom. The second-order valence-corrected chi connectivity index (χ2v) is 10.1. The minimum Gasteiger partial charge on any atom is -0.372 e. The summed E-state index contributed by atoms with van der Waals surface area (Å²) < 4.78 is 26.5. The van der Waals surface area contributed by atoms with Gasteiger partial charge in [0, 0.05) is 39.4 Å². The third-order valence-electron chi connectivity index (χ3n) is 5.59. The van der Waals surface area contributed by atoms with Gasteiger partial charge in [-0.05, 0) is 56.0 Å². The zero-order valence-electron chi connectivity index (χ0n) is 18.0. The molecule has 3 rings (SSSR count). The number of carbonyl (C=O) groups is 1. The number of sulfonamides is 1. The van der Waals surface area contributed by atoms with E-state index < -0.39 is 10.0 Å². The Morgan fingerprint density at radius 2 is 1.53 bits per heavy atom. The Labute approximate surface area is 180 Å². The van der Waals surface area contributed by atoms with Crippen LogP contribution >= 0.6 is 0 Å². The molecule has 0 saturated carbocycles. The summed E-state index contributed by atoms with van der Waals surface area (Å²) in [5.41, 5.74) is 3.23. The van der Waals surface area contributed by atoms with Crippen LogP contribution in [-0.4, -0.2) is 57.3 Å². The van der Waals surface area contributed by atoms with E-state index in [0.717, 1.165) is 28.5 Å². The van der Waals surface area contributed by atoms with Crippen LogP contribution in [-0.2, 0) is 21.4 Å². The largest absolute Gasteiger partial charge is 0.372 e. The van der Waals surface area contributed by atoms with Gasteiger partial charge >= 0.3 is 0 Å². The molecular weight excluding hydrogens is 398 g/mol. The molecule has 0 N–H and O–H groups in total. The molecule has 0 spiro atoms. The fourth-order valence-electron chi connectivity index (χ4n) is 3.61. The number of amides is 1. The highest BCUT2D eigenvalue weighted by Crippen LogP contribution is 2.21. The maximum atomic E-state index is 12.7. The molecule has 1 fully saturated rings. The summed E-state index contributed by atoms with van der Waals surface area (Å²) in [6, 6.07) is 14.9. The number of hydrogen-bond donors (Lipinski definition) is 0. The predicted molar refractivity (Wildman–Crippen MR) is 120 cm³/mol. The molecule has 2 aromatic rings. The molecule has 1 saturated heterocycles.